The maximum Gasteiger partial charge on any atom is 0.303 e. The highest BCUT2D eigenvalue weighted by Gasteiger charge is 2.28. The molecule has 0 saturated heterocycles. The molecule has 0 heterocycles. The van der Waals surface area contributed by atoms with Crippen LogP contribution in [0.1, 0.15) is 92.4 Å². The summed E-state index contributed by atoms with van der Waals surface area (Å²) >= 11 is 0. The summed E-state index contributed by atoms with van der Waals surface area (Å²) in [6, 6.07) is 0. The molecule has 22 heavy (non-hydrogen) atoms. The van der Waals surface area contributed by atoms with Crippen molar-refractivity contribution in [2.45, 2.75) is 92.4 Å². The predicted molar refractivity (Wildman–Crippen MR) is 94.0 cm³/mol. The average molecular weight is 309 g/mol. The van der Waals surface area contributed by atoms with E-state index in [2.05, 4.69) is 34.6 Å². The fourth-order valence-corrected chi connectivity index (χ4v) is 3.98. The molecule has 1 aliphatic carbocycles. The Morgan fingerprint density at radius 2 is 1.82 bits per heavy atom. The smallest absolute Gasteiger partial charge is 0.303 e. The van der Waals surface area contributed by atoms with Gasteiger partial charge in [0.25, 0.3) is 0 Å². The Hall–Kier alpha value is -0.790. The van der Waals surface area contributed by atoms with Crippen LogP contribution < -0.4 is 0 Å². The Balaban J connectivity index is 2.31. The van der Waals surface area contributed by atoms with Gasteiger partial charge in [-0.3, -0.25) is 4.79 Å². The first-order valence-electron chi connectivity index (χ1n) is 9.13. The summed E-state index contributed by atoms with van der Waals surface area (Å²) in [5, 5.41) is 8.79. The maximum atomic E-state index is 10.7. The van der Waals surface area contributed by atoms with Crippen LogP contribution >= 0.6 is 0 Å². The van der Waals surface area contributed by atoms with E-state index in [1.807, 2.05) is 0 Å². The Morgan fingerprint density at radius 1 is 1.18 bits per heavy atom. The molecule has 0 radical (unpaired) electrons. The third-order valence-corrected chi connectivity index (χ3v) is 5.49. The van der Waals surface area contributed by atoms with E-state index in [1.54, 1.807) is 11.1 Å². The monoisotopic (exact) mass is 308 g/mol. The van der Waals surface area contributed by atoms with Gasteiger partial charge in [0.2, 0.25) is 0 Å². The van der Waals surface area contributed by atoms with E-state index in [1.165, 1.54) is 38.5 Å². The van der Waals surface area contributed by atoms with Gasteiger partial charge < -0.3 is 5.11 Å². The van der Waals surface area contributed by atoms with Crippen molar-refractivity contribution in [3.63, 3.8) is 0 Å². The highest BCUT2D eigenvalue weighted by Crippen LogP contribution is 2.42. The molecule has 1 aliphatic rings. The van der Waals surface area contributed by atoms with Crippen LogP contribution in [0.3, 0.4) is 0 Å². The molecule has 0 aromatic carbocycles. The van der Waals surface area contributed by atoms with E-state index in [0.717, 1.165) is 18.8 Å². The van der Waals surface area contributed by atoms with Gasteiger partial charge in [-0.1, -0.05) is 58.1 Å². The SMILES string of the molecule is CC1=C(CCC(C)CCCC(C)CC(=O)O)C(C)(C)CCC1. The Morgan fingerprint density at radius 3 is 2.41 bits per heavy atom. The molecule has 0 bridgehead atoms. The molecule has 0 aromatic heterocycles. The molecule has 0 aliphatic heterocycles. The molecule has 1 N–H and O–H groups in total. The first-order valence-corrected chi connectivity index (χ1v) is 9.13. The largest absolute Gasteiger partial charge is 0.481 e. The van der Waals surface area contributed by atoms with Crippen molar-refractivity contribution < 1.29 is 9.90 Å². The van der Waals surface area contributed by atoms with Gasteiger partial charge in [-0.2, -0.15) is 0 Å². The van der Waals surface area contributed by atoms with E-state index in [9.17, 15) is 4.79 Å². The van der Waals surface area contributed by atoms with Gasteiger partial charge in [0.1, 0.15) is 0 Å². The second-order valence-corrected chi connectivity index (χ2v) is 8.27. The molecule has 0 saturated carbocycles. The van der Waals surface area contributed by atoms with Crippen molar-refractivity contribution >= 4 is 5.97 Å². The van der Waals surface area contributed by atoms with E-state index < -0.39 is 5.97 Å². The molecule has 0 spiro atoms. The Labute approximate surface area is 137 Å². The number of hydrogen-bond acceptors (Lipinski definition) is 1. The minimum atomic E-state index is -0.664. The van der Waals surface area contributed by atoms with Crippen LogP contribution in [0.2, 0.25) is 0 Å². The lowest BCUT2D eigenvalue weighted by atomic mass is 9.70. The van der Waals surface area contributed by atoms with Gasteiger partial charge in [-0.15, -0.1) is 0 Å². The van der Waals surface area contributed by atoms with Crippen LogP contribution in [0.4, 0.5) is 0 Å². The van der Waals surface area contributed by atoms with Crippen LogP contribution in [0, 0.1) is 17.3 Å². The summed E-state index contributed by atoms with van der Waals surface area (Å²) < 4.78 is 0. The van der Waals surface area contributed by atoms with Crippen molar-refractivity contribution in [3.05, 3.63) is 11.1 Å². The van der Waals surface area contributed by atoms with Crippen molar-refractivity contribution in [1.82, 2.24) is 0 Å². The van der Waals surface area contributed by atoms with Gasteiger partial charge in [0.15, 0.2) is 0 Å². The predicted octanol–water partition coefficient (Wildman–Crippen LogP) is 6.21. The molecule has 2 atom stereocenters. The van der Waals surface area contributed by atoms with E-state index in [0.29, 0.717) is 17.8 Å². The zero-order chi connectivity index (χ0) is 16.8. The highest BCUT2D eigenvalue weighted by molar-refractivity contribution is 5.66. The number of allylic oxidation sites excluding steroid dienone is 2. The van der Waals surface area contributed by atoms with Crippen LogP contribution in [-0.2, 0) is 4.79 Å². The summed E-state index contributed by atoms with van der Waals surface area (Å²) in [5.41, 5.74) is 3.75. The van der Waals surface area contributed by atoms with Crippen LogP contribution in [0.25, 0.3) is 0 Å². The molecular formula is C20H36O2. The molecule has 0 aromatic rings. The van der Waals surface area contributed by atoms with Gasteiger partial charge in [-0.05, 0) is 56.3 Å². The first-order chi connectivity index (χ1) is 10.2. The van der Waals surface area contributed by atoms with Crippen molar-refractivity contribution in [1.29, 1.82) is 0 Å². The molecule has 2 heteroatoms. The van der Waals surface area contributed by atoms with E-state index in [4.69, 9.17) is 5.11 Å². The fourth-order valence-electron chi connectivity index (χ4n) is 3.98. The summed E-state index contributed by atoms with van der Waals surface area (Å²) in [6.45, 7) is 11.5. The standard InChI is InChI=1S/C20H36O2/c1-15(8-6-9-16(2)14-19(21)22)11-12-18-17(3)10-7-13-20(18,4)5/h15-16H,6-14H2,1-5H3,(H,21,22). The fraction of sp³-hybridized carbons (Fsp3) is 0.850. The van der Waals surface area contributed by atoms with Gasteiger partial charge in [0.05, 0.1) is 0 Å². The first kappa shape index (κ1) is 19.3. The average Bonchev–Trinajstić information content (AvgIpc) is 2.36. The maximum absolute atomic E-state index is 10.7. The second-order valence-electron chi connectivity index (χ2n) is 8.27. The number of carboxylic acid groups (broad SMARTS) is 1. The normalized spacial score (nSPS) is 20.8. The lowest BCUT2D eigenvalue weighted by Crippen LogP contribution is -2.20. The lowest BCUT2D eigenvalue weighted by molar-refractivity contribution is -0.138. The van der Waals surface area contributed by atoms with Crippen LogP contribution in [0.15, 0.2) is 11.1 Å². The molecule has 0 fully saturated rings. The minimum absolute atomic E-state index is 0.312. The molecule has 2 unspecified atom stereocenters. The zero-order valence-corrected chi connectivity index (χ0v) is 15.4. The summed E-state index contributed by atoms with van der Waals surface area (Å²) in [7, 11) is 0. The summed E-state index contributed by atoms with van der Waals surface area (Å²) in [6.07, 6.45) is 10.3. The van der Waals surface area contributed by atoms with Crippen LogP contribution in [-0.4, -0.2) is 11.1 Å². The van der Waals surface area contributed by atoms with Gasteiger partial charge in [-0.25, -0.2) is 0 Å². The minimum Gasteiger partial charge on any atom is -0.481 e. The third-order valence-electron chi connectivity index (χ3n) is 5.49. The van der Waals surface area contributed by atoms with Gasteiger partial charge >= 0.3 is 5.97 Å². The summed E-state index contributed by atoms with van der Waals surface area (Å²) in [4.78, 5) is 10.7. The van der Waals surface area contributed by atoms with Crippen molar-refractivity contribution in [2.75, 3.05) is 0 Å². The molecule has 0 amide bonds. The molecule has 2 nitrogen and oxygen atoms in total. The van der Waals surface area contributed by atoms with Crippen molar-refractivity contribution in [3.8, 4) is 0 Å². The second kappa shape index (κ2) is 8.74. The number of carbonyl (C=O) groups is 1. The third kappa shape index (κ3) is 6.54. The lowest BCUT2D eigenvalue weighted by Gasteiger charge is -2.35. The number of aliphatic carboxylic acids is 1. The number of rotatable bonds is 9. The molecule has 1 rings (SSSR count). The van der Waals surface area contributed by atoms with Crippen LogP contribution in [0.5, 0.6) is 0 Å². The molecule has 128 valence electrons. The van der Waals surface area contributed by atoms with Gasteiger partial charge in [0, 0.05) is 6.42 Å². The van der Waals surface area contributed by atoms with E-state index >= 15 is 0 Å². The molecular weight excluding hydrogens is 272 g/mol. The Bertz CT molecular complexity index is 393. The topological polar surface area (TPSA) is 37.3 Å². The number of hydrogen-bond donors (Lipinski definition) is 1. The highest BCUT2D eigenvalue weighted by atomic mass is 16.4. The van der Waals surface area contributed by atoms with Crippen molar-refractivity contribution in [2.24, 2.45) is 17.3 Å². The zero-order valence-electron chi connectivity index (χ0n) is 15.4. The number of carboxylic acids is 1. The van der Waals surface area contributed by atoms with E-state index in [-0.39, 0.29) is 0 Å². The summed E-state index contributed by atoms with van der Waals surface area (Å²) in [5.74, 6) is 0.393. The quantitative estimate of drug-likeness (QED) is 0.514. The Kier molecular flexibility index (Phi) is 7.65.